The Labute approximate surface area is 214 Å². The van der Waals surface area contributed by atoms with E-state index in [4.69, 9.17) is 4.18 Å². The molecular weight excluding hydrogens is 490 g/mol. The van der Waals surface area contributed by atoms with Gasteiger partial charge in [-0.3, -0.25) is 4.79 Å². The van der Waals surface area contributed by atoms with E-state index in [1.807, 2.05) is 67.6 Å². The number of hydrogen-bond donors (Lipinski definition) is 1. The average Bonchev–Trinajstić information content (AvgIpc) is 3.04. The number of para-hydroxylation sites is 1. The summed E-state index contributed by atoms with van der Waals surface area (Å²) in [6.45, 7) is 1.89. The Bertz CT molecular complexity index is 1640. The predicted molar refractivity (Wildman–Crippen MR) is 142 cm³/mol. The summed E-state index contributed by atoms with van der Waals surface area (Å²) >= 11 is 1.60. The third-order valence-corrected chi connectivity index (χ3v) is 8.92. The topological polar surface area (TPSA) is 72.5 Å². The maximum Gasteiger partial charge on any atom is 0.339 e. The molecular formula is C29H21NO4S2. The van der Waals surface area contributed by atoms with E-state index in [-0.39, 0.29) is 21.7 Å². The lowest BCUT2D eigenvalue weighted by Gasteiger charge is -2.18. The Morgan fingerprint density at radius 3 is 2.22 bits per heavy atom. The van der Waals surface area contributed by atoms with Crippen LogP contribution in [0.1, 0.15) is 32.3 Å². The highest BCUT2D eigenvalue weighted by Crippen LogP contribution is 2.52. The van der Waals surface area contributed by atoms with Gasteiger partial charge in [-0.2, -0.15) is 8.42 Å². The van der Waals surface area contributed by atoms with E-state index in [0.29, 0.717) is 11.1 Å². The Kier molecular flexibility index (Phi) is 5.47. The Hall–Kier alpha value is -3.81. The molecule has 1 aliphatic heterocycles. The largest absolute Gasteiger partial charge is 0.379 e. The Balaban J connectivity index is 1.37. The first-order valence-corrected chi connectivity index (χ1v) is 13.7. The summed E-state index contributed by atoms with van der Waals surface area (Å²) in [4.78, 5) is 14.7. The van der Waals surface area contributed by atoms with Crippen LogP contribution in [-0.2, 0) is 10.1 Å². The van der Waals surface area contributed by atoms with Crippen LogP contribution < -0.4 is 9.50 Å². The standard InChI is InChI=1S/C29H21NO4S2/c1-18-10-16-21(17-11-18)36(32,33)34-20-14-12-19(13-15-20)29-26-27(22-6-2-3-7-23(22)28(26)31)30-24-8-4-5-9-25(24)35-29/h2-17,29-30H,1H3. The summed E-state index contributed by atoms with van der Waals surface area (Å²) in [6.07, 6.45) is 0. The van der Waals surface area contributed by atoms with E-state index in [0.717, 1.165) is 33.0 Å². The van der Waals surface area contributed by atoms with Crippen LogP contribution >= 0.6 is 11.8 Å². The number of carbonyl (C=O) groups is 1. The van der Waals surface area contributed by atoms with Crippen LogP contribution in [0.2, 0.25) is 0 Å². The molecule has 0 saturated heterocycles. The van der Waals surface area contributed by atoms with Gasteiger partial charge in [0.1, 0.15) is 10.6 Å². The van der Waals surface area contributed by atoms with Crippen molar-refractivity contribution in [3.8, 4) is 5.75 Å². The number of benzene rings is 4. The minimum Gasteiger partial charge on any atom is -0.379 e. The second kappa shape index (κ2) is 8.69. The van der Waals surface area contributed by atoms with Gasteiger partial charge in [-0.15, -0.1) is 11.8 Å². The molecule has 4 aromatic rings. The number of nitrogens with one attached hydrogen (secondary N) is 1. The second-order valence-corrected chi connectivity index (χ2v) is 11.4. The molecule has 0 spiro atoms. The molecule has 178 valence electrons. The monoisotopic (exact) mass is 511 g/mol. The fourth-order valence-electron chi connectivity index (χ4n) is 4.49. The number of anilines is 1. The quantitative estimate of drug-likeness (QED) is 0.310. The molecule has 0 fully saturated rings. The molecule has 5 nitrogen and oxygen atoms in total. The number of ketones is 1. The number of aryl methyl sites for hydroxylation is 1. The lowest BCUT2D eigenvalue weighted by atomic mass is 10.0. The van der Waals surface area contributed by atoms with E-state index >= 15 is 0 Å². The normalized spacial score (nSPS) is 16.5. The summed E-state index contributed by atoms with van der Waals surface area (Å²) in [7, 11) is -3.95. The van der Waals surface area contributed by atoms with Gasteiger partial charge in [0.05, 0.1) is 16.6 Å². The Morgan fingerprint density at radius 1 is 0.806 bits per heavy atom. The predicted octanol–water partition coefficient (Wildman–Crippen LogP) is 6.63. The number of rotatable bonds is 4. The number of hydrogen-bond acceptors (Lipinski definition) is 6. The molecule has 1 atom stereocenters. The van der Waals surface area contributed by atoms with Gasteiger partial charge in [-0.25, -0.2) is 0 Å². The van der Waals surface area contributed by atoms with Crippen LogP contribution in [0.4, 0.5) is 5.69 Å². The fourth-order valence-corrected chi connectivity index (χ4v) is 6.72. The SMILES string of the molecule is Cc1ccc(S(=O)(=O)Oc2ccc(C3Sc4ccccc4NC4=C3C(=O)c3ccccc34)cc2)cc1. The van der Waals surface area contributed by atoms with Gasteiger partial charge in [0.25, 0.3) is 0 Å². The van der Waals surface area contributed by atoms with Crippen LogP contribution in [0.3, 0.4) is 0 Å². The molecule has 6 rings (SSSR count). The number of fused-ring (bicyclic) bond motifs is 3. The van der Waals surface area contributed by atoms with E-state index in [9.17, 15) is 13.2 Å². The van der Waals surface area contributed by atoms with E-state index < -0.39 is 10.1 Å². The molecule has 0 amide bonds. The molecule has 0 radical (unpaired) electrons. The van der Waals surface area contributed by atoms with Crippen molar-refractivity contribution in [3.63, 3.8) is 0 Å². The second-order valence-electron chi connectivity index (χ2n) is 8.70. The molecule has 0 aromatic heterocycles. The minimum absolute atomic E-state index is 0.000631. The van der Waals surface area contributed by atoms with Gasteiger partial charge >= 0.3 is 10.1 Å². The van der Waals surface area contributed by atoms with Crippen LogP contribution in [0.5, 0.6) is 5.75 Å². The minimum atomic E-state index is -3.95. The van der Waals surface area contributed by atoms with Crippen LogP contribution in [0.15, 0.2) is 112 Å². The molecule has 4 aromatic carbocycles. The molecule has 1 heterocycles. The summed E-state index contributed by atoms with van der Waals surface area (Å²) < 4.78 is 30.8. The van der Waals surface area contributed by atoms with E-state index in [1.54, 1.807) is 36.0 Å². The maximum atomic E-state index is 13.5. The third kappa shape index (κ3) is 3.90. The van der Waals surface area contributed by atoms with Crippen LogP contribution in [0, 0.1) is 6.92 Å². The van der Waals surface area contributed by atoms with Crippen molar-refractivity contribution in [2.24, 2.45) is 0 Å². The van der Waals surface area contributed by atoms with Crippen molar-refractivity contribution < 1.29 is 17.4 Å². The van der Waals surface area contributed by atoms with Crippen molar-refractivity contribution >= 4 is 39.0 Å². The van der Waals surface area contributed by atoms with Crippen LogP contribution in [-0.4, -0.2) is 14.2 Å². The zero-order chi connectivity index (χ0) is 24.9. The van der Waals surface area contributed by atoms with Gasteiger partial charge in [0.15, 0.2) is 5.78 Å². The summed E-state index contributed by atoms with van der Waals surface area (Å²) in [6, 6.07) is 29.1. The number of Topliss-reactive ketones (excluding diaryl/α,β-unsaturated/α-hetero) is 1. The van der Waals surface area contributed by atoms with Gasteiger partial charge < -0.3 is 9.50 Å². The fraction of sp³-hybridized carbons (Fsp3) is 0.0690. The highest BCUT2D eigenvalue weighted by Gasteiger charge is 2.38. The molecule has 1 aliphatic carbocycles. The smallest absolute Gasteiger partial charge is 0.339 e. The molecule has 1 unspecified atom stereocenters. The van der Waals surface area contributed by atoms with Crippen LogP contribution in [0.25, 0.3) is 5.70 Å². The van der Waals surface area contributed by atoms with Crippen molar-refractivity contribution in [1.29, 1.82) is 0 Å². The van der Waals surface area contributed by atoms with Crippen molar-refractivity contribution in [1.82, 2.24) is 0 Å². The average molecular weight is 512 g/mol. The molecule has 1 N–H and O–H groups in total. The van der Waals surface area contributed by atoms with Crippen molar-refractivity contribution in [2.45, 2.75) is 22.0 Å². The lowest BCUT2D eigenvalue weighted by Crippen LogP contribution is -2.10. The van der Waals surface area contributed by atoms with Gasteiger partial charge in [0, 0.05) is 21.6 Å². The zero-order valence-corrected chi connectivity index (χ0v) is 20.9. The summed E-state index contributed by atoms with van der Waals surface area (Å²) in [5, 5.41) is 3.23. The first kappa shape index (κ1) is 22.6. The Morgan fingerprint density at radius 2 is 1.47 bits per heavy atom. The highest BCUT2D eigenvalue weighted by molar-refractivity contribution is 8.00. The van der Waals surface area contributed by atoms with Crippen molar-refractivity contribution in [3.05, 3.63) is 125 Å². The highest BCUT2D eigenvalue weighted by atomic mass is 32.2. The lowest BCUT2D eigenvalue weighted by molar-refractivity contribution is 0.103. The van der Waals surface area contributed by atoms with Gasteiger partial charge in [-0.05, 0) is 48.9 Å². The first-order valence-electron chi connectivity index (χ1n) is 11.4. The van der Waals surface area contributed by atoms with Crippen molar-refractivity contribution in [2.75, 3.05) is 5.32 Å². The van der Waals surface area contributed by atoms with E-state index in [2.05, 4.69) is 5.32 Å². The summed E-state index contributed by atoms with van der Waals surface area (Å²) in [5.41, 5.74) is 5.89. The molecule has 7 heteroatoms. The molecule has 0 saturated carbocycles. The van der Waals surface area contributed by atoms with Gasteiger partial charge in [-0.1, -0.05) is 66.2 Å². The molecule has 36 heavy (non-hydrogen) atoms. The third-order valence-electron chi connectivity index (χ3n) is 6.31. The maximum absolute atomic E-state index is 13.5. The number of thioether (sulfide) groups is 1. The zero-order valence-electron chi connectivity index (χ0n) is 19.3. The number of carbonyl (C=O) groups excluding carboxylic acids is 1. The summed E-state index contributed by atoms with van der Waals surface area (Å²) in [5.74, 6) is 0.215. The molecule has 0 bridgehead atoms. The van der Waals surface area contributed by atoms with Gasteiger partial charge in [0.2, 0.25) is 0 Å². The first-order chi connectivity index (χ1) is 17.4. The van der Waals surface area contributed by atoms with E-state index in [1.165, 1.54) is 12.1 Å². The molecule has 2 aliphatic rings.